The lowest BCUT2D eigenvalue weighted by atomic mass is 10.0. The molecular weight excluding hydrogens is 383 g/mol. The van der Waals surface area contributed by atoms with E-state index in [0.29, 0.717) is 24.3 Å². The molecule has 2 atom stereocenters. The Balaban J connectivity index is 1.53. The zero-order valence-electron chi connectivity index (χ0n) is 17.1. The van der Waals surface area contributed by atoms with Crippen LogP contribution in [0.4, 0.5) is 10.2 Å². The summed E-state index contributed by atoms with van der Waals surface area (Å²) in [6, 6.07) is 9.24. The SMILES string of the molecule is CNC1CN(c2ccc3nc(-c4cc5cn(C)nc5c(C)c4O)ccc3n2)CC1F. The summed E-state index contributed by atoms with van der Waals surface area (Å²) < 4.78 is 15.8. The predicted octanol–water partition coefficient (Wildman–Crippen LogP) is 2.94. The number of aromatic hydroxyl groups is 1. The number of alkyl halides is 1. The number of benzene rings is 1. The van der Waals surface area contributed by atoms with Crippen LogP contribution in [-0.4, -0.2) is 57.2 Å². The number of phenolic OH excluding ortho intramolecular Hbond substituents is 1. The number of hydrogen-bond acceptors (Lipinski definition) is 6. The van der Waals surface area contributed by atoms with Gasteiger partial charge in [-0.25, -0.2) is 14.4 Å². The van der Waals surface area contributed by atoms with E-state index in [0.717, 1.165) is 33.3 Å². The highest BCUT2D eigenvalue weighted by atomic mass is 19.1. The number of pyridine rings is 2. The van der Waals surface area contributed by atoms with Gasteiger partial charge in [0.25, 0.3) is 0 Å². The molecule has 5 rings (SSSR count). The first-order chi connectivity index (χ1) is 14.4. The van der Waals surface area contributed by atoms with Crippen LogP contribution in [-0.2, 0) is 7.05 Å². The Morgan fingerprint density at radius 2 is 1.90 bits per heavy atom. The van der Waals surface area contributed by atoms with Crippen molar-refractivity contribution in [1.29, 1.82) is 0 Å². The first-order valence-corrected chi connectivity index (χ1v) is 9.95. The van der Waals surface area contributed by atoms with Gasteiger partial charge >= 0.3 is 0 Å². The molecule has 3 aromatic heterocycles. The average Bonchev–Trinajstić information content (AvgIpc) is 3.31. The molecule has 0 saturated carbocycles. The smallest absolute Gasteiger partial charge is 0.134 e. The minimum Gasteiger partial charge on any atom is -0.507 e. The monoisotopic (exact) mass is 406 g/mol. The average molecular weight is 406 g/mol. The molecule has 7 nitrogen and oxygen atoms in total. The van der Waals surface area contributed by atoms with Crippen LogP contribution in [0.15, 0.2) is 36.5 Å². The maximum Gasteiger partial charge on any atom is 0.134 e. The quantitative estimate of drug-likeness (QED) is 0.545. The Kier molecular flexibility index (Phi) is 4.32. The second kappa shape index (κ2) is 6.91. The number of nitrogens with zero attached hydrogens (tertiary/aromatic N) is 5. The summed E-state index contributed by atoms with van der Waals surface area (Å²) in [7, 11) is 3.64. The standard InChI is InChI=1S/C22H23FN6O/c1-12-21-13(9-28(3)27-21)8-14(22(12)30)16-4-5-18-17(25-16)6-7-20(26-18)29-10-15(23)19(11-29)24-2/h4-9,15,19,24,30H,10-11H2,1-3H3. The van der Waals surface area contributed by atoms with Crippen molar-refractivity contribution >= 4 is 27.8 Å². The number of nitrogens with one attached hydrogen (secondary N) is 1. The molecule has 1 saturated heterocycles. The molecule has 1 aliphatic heterocycles. The number of aryl methyl sites for hydroxylation is 2. The van der Waals surface area contributed by atoms with E-state index >= 15 is 0 Å². The fraction of sp³-hybridized carbons (Fsp3) is 0.318. The Morgan fingerprint density at radius 3 is 2.67 bits per heavy atom. The number of aromatic nitrogens is 4. The van der Waals surface area contributed by atoms with Crippen molar-refractivity contribution in [3.8, 4) is 17.0 Å². The van der Waals surface area contributed by atoms with Crippen molar-refractivity contribution in [1.82, 2.24) is 25.1 Å². The van der Waals surface area contributed by atoms with Crippen LogP contribution in [0, 0.1) is 6.92 Å². The summed E-state index contributed by atoms with van der Waals surface area (Å²) >= 11 is 0. The van der Waals surface area contributed by atoms with Gasteiger partial charge < -0.3 is 15.3 Å². The Bertz CT molecular complexity index is 1270. The third kappa shape index (κ3) is 2.95. The van der Waals surface area contributed by atoms with Gasteiger partial charge in [0, 0.05) is 36.3 Å². The van der Waals surface area contributed by atoms with Crippen molar-refractivity contribution in [3.63, 3.8) is 0 Å². The van der Waals surface area contributed by atoms with Crippen LogP contribution in [0.1, 0.15) is 5.56 Å². The predicted molar refractivity (Wildman–Crippen MR) is 116 cm³/mol. The molecule has 154 valence electrons. The van der Waals surface area contributed by atoms with Gasteiger partial charge in [0.15, 0.2) is 0 Å². The number of hydrogen-bond donors (Lipinski definition) is 2. The summed E-state index contributed by atoms with van der Waals surface area (Å²) in [4.78, 5) is 11.4. The lowest BCUT2D eigenvalue weighted by Crippen LogP contribution is -2.34. The fourth-order valence-corrected chi connectivity index (χ4v) is 4.19. The van der Waals surface area contributed by atoms with E-state index in [1.165, 1.54) is 0 Å². The molecule has 2 unspecified atom stereocenters. The van der Waals surface area contributed by atoms with E-state index in [1.807, 2.05) is 55.4 Å². The summed E-state index contributed by atoms with van der Waals surface area (Å²) in [6.07, 6.45) is 1.01. The summed E-state index contributed by atoms with van der Waals surface area (Å²) in [5.41, 5.74) is 4.30. The molecule has 8 heteroatoms. The molecule has 0 bridgehead atoms. The molecule has 4 aromatic rings. The third-order valence-corrected chi connectivity index (χ3v) is 5.87. The zero-order chi connectivity index (χ0) is 21.0. The molecular formula is C22H23FN6O. The number of fused-ring (bicyclic) bond motifs is 2. The van der Waals surface area contributed by atoms with E-state index in [2.05, 4.69) is 15.4 Å². The normalized spacial score (nSPS) is 19.3. The summed E-state index contributed by atoms with van der Waals surface area (Å²) in [6.45, 7) is 2.77. The van der Waals surface area contributed by atoms with Gasteiger partial charge in [-0.05, 0) is 44.3 Å². The third-order valence-electron chi connectivity index (χ3n) is 5.87. The topological polar surface area (TPSA) is 79.1 Å². The second-order valence-corrected chi connectivity index (χ2v) is 7.86. The van der Waals surface area contributed by atoms with Crippen molar-refractivity contribution in [2.75, 3.05) is 25.0 Å². The van der Waals surface area contributed by atoms with Crippen molar-refractivity contribution in [3.05, 3.63) is 42.1 Å². The van der Waals surface area contributed by atoms with Crippen molar-refractivity contribution in [2.45, 2.75) is 19.1 Å². The number of halogens is 1. The lowest BCUT2D eigenvalue weighted by molar-refractivity contribution is 0.310. The molecule has 0 aliphatic carbocycles. The van der Waals surface area contributed by atoms with Gasteiger partial charge in [-0.2, -0.15) is 5.10 Å². The van der Waals surface area contributed by atoms with Gasteiger partial charge in [-0.1, -0.05) is 0 Å². The molecule has 2 N–H and O–H groups in total. The minimum absolute atomic E-state index is 0.182. The Morgan fingerprint density at radius 1 is 1.13 bits per heavy atom. The Hall–Kier alpha value is -3.26. The van der Waals surface area contributed by atoms with E-state index in [4.69, 9.17) is 4.98 Å². The van der Waals surface area contributed by atoms with E-state index < -0.39 is 6.17 Å². The molecule has 1 fully saturated rings. The highest BCUT2D eigenvalue weighted by Gasteiger charge is 2.32. The maximum atomic E-state index is 14.1. The van der Waals surface area contributed by atoms with Gasteiger partial charge in [0.05, 0.1) is 34.8 Å². The first kappa shape index (κ1) is 18.7. The van der Waals surface area contributed by atoms with Crippen LogP contribution in [0.5, 0.6) is 5.75 Å². The fourth-order valence-electron chi connectivity index (χ4n) is 4.19. The molecule has 0 amide bonds. The van der Waals surface area contributed by atoms with Gasteiger partial charge in [0.1, 0.15) is 17.7 Å². The lowest BCUT2D eigenvalue weighted by Gasteiger charge is -2.17. The van der Waals surface area contributed by atoms with E-state index in [1.54, 1.807) is 11.7 Å². The van der Waals surface area contributed by atoms with Gasteiger partial charge in [-0.3, -0.25) is 4.68 Å². The molecule has 1 aliphatic rings. The molecule has 0 spiro atoms. The maximum absolute atomic E-state index is 14.1. The first-order valence-electron chi connectivity index (χ1n) is 9.95. The Labute approximate surface area is 173 Å². The van der Waals surface area contributed by atoms with Crippen LogP contribution in [0.25, 0.3) is 33.2 Å². The zero-order valence-corrected chi connectivity index (χ0v) is 17.1. The van der Waals surface area contributed by atoms with Crippen LogP contribution >= 0.6 is 0 Å². The summed E-state index contributed by atoms with van der Waals surface area (Å²) in [5, 5.41) is 19.1. The van der Waals surface area contributed by atoms with Crippen LogP contribution < -0.4 is 10.2 Å². The number of anilines is 1. The summed E-state index contributed by atoms with van der Waals surface area (Å²) in [5.74, 6) is 0.926. The van der Waals surface area contributed by atoms with Crippen molar-refractivity contribution < 1.29 is 9.50 Å². The van der Waals surface area contributed by atoms with Gasteiger partial charge in [-0.15, -0.1) is 0 Å². The highest BCUT2D eigenvalue weighted by Crippen LogP contribution is 2.36. The number of rotatable bonds is 3. The molecule has 4 heterocycles. The number of likely N-dealkylation sites (N-methyl/N-ethyl adjacent to an activating group) is 1. The molecule has 30 heavy (non-hydrogen) atoms. The number of phenols is 1. The second-order valence-electron chi connectivity index (χ2n) is 7.86. The van der Waals surface area contributed by atoms with Gasteiger partial charge in [0.2, 0.25) is 0 Å². The molecule has 1 aromatic carbocycles. The van der Waals surface area contributed by atoms with E-state index in [-0.39, 0.29) is 11.8 Å². The van der Waals surface area contributed by atoms with Crippen LogP contribution in [0.2, 0.25) is 0 Å². The van der Waals surface area contributed by atoms with E-state index in [9.17, 15) is 9.50 Å². The minimum atomic E-state index is -0.915. The van der Waals surface area contributed by atoms with Crippen molar-refractivity contribution in [2.24, 2.45) is 7.05 Å². The van der Waals surface area contributed by atoms with Crippen LogP contribution in [0.3, 0.4) is 0 Å². The largest absolute Gasteiger partial charge is 0.507 e. The molecule has 0 radical (unpaired) electrons. The highest BCUT2D eigenvalue weighted by molar-refractivity contribution is 5.91.